The fourth-order valence-electron chi connectivity index (χ4n) is 3.25. The van der Waals surface area contributed by atoms with Gasteiger partial charge in [0.2, 0.25) is 5.91 Å². The van der Waals surface area contributed by atoms with Gasteiger partial charge in [-0.25, -0.2) is 0 Å². The molecule has 0 spiro atoms. The zero-order chi connectivity index (χ0) is 16.8. The van der Waals surface area contributed by atoms with E-state index in [0.29, 0.717) is 6.42 Å². The van der Waals surface area contributed by atoms with Crippen molar-refractivity contribution >= 4 is 17.5 Å². The smallest absolute Gasteiger partial charge is 0.223 e. The van der Waals surface area contributed by atoms with Crippen molar-refractivity contribution in [3.05, 3.63) is 70.7 Å². The second kappa shape index (κ2) is 8.32. The molecule has 126 valence electrons. The summed E-state index contributed by atoms with van der Waals surface area (Å²) >= 11 is 6.12. The molecule has 1 aliphatic rings. The summed E-state index contributed by atoms with van der Waals surface area (Å²) in [5.41, 5.74) is 2.39. The van der Waals surface area contributed by atoms with Gasteiger partial charge in [-0.05, 0) is 36.1 Å². The summed E-state index contributed by atoms with van der Waals surface area (Å²) in [5, 5.41) is 4.10. The summed E-state index contributed by atoms with van der Waals surface area (Å²) in [6.45, 7) is 2.38. The van der Waals surface area contributed by atoms with E-state index < -0.39 is 0 Å². The fourth-order valence-corrected chi connectivity index (χ4v) is 3.45. The highest BCUT2D eigenvalue weighted by Gasteiger charge is 2.27. The van der Waals surface area contributed by atoms with Crippen LogP contribution in [0.15, 0.2) is 54.6 Å². The van der Waals surface area contributed by atoms with Crippen LogP contribution in [0, 0.1) is 0 Å². The normalized spacial score (nSPS) is 17.7. The maximum Gasteiger partial charge on any atom is 0.223 e. The molecule has 0 saturated carbocycles. The number of hydrogen-bond acceptors (Lipinski definition) is 2. The third-order valence-electron chi connectivity index (χ3n) is 4.50. The minimum Gasteiger partial charge on any atom is -0.333 e. The molecule has 0 aromatic heterocycles. The lowest BCUT2D eigenvalue weighted by atomic mass is 10.0. The lowest BCUT2D eigenvalue weighted by Crippen LogP contribution is -2.48. The van der Waals surface area contributed by atoms with E-state index in [1.807, 2.05) is 47.4 Å². The number of hydrogen-bond donors (Lipinski definition) is 1. The molecular formula is C20H23ClN2O. The van der Waals surface area contributed by atoms with Crippen molar-refractivity contribution in [2.75, 3.05) is 19.6 Å². The van der Waals surface area contributed by atoms with Crippen LogP contribution in [-0.2, 0) is 11.2 Å². The van der Waals surface area contributed by atoms with Crippen molar-refractivity contribution in [3.63, 3.8) is 0 Å². The molecule has 24 heavy (non-hydrogen) atoms. The van der Waals surface area contributed by atoms with E-state index in [0.717, 1.165) is 43.1 Å². The second-order valence-corrected chi connectivity index (χ2v) is 6.64. The number of aryl methyl sites for hydroxylation is 1. The average molecular weight is 343 g/mol. The number of carbonyl (C=O) groups is 1. The van der Waals surface area contributed by atoms with Crippen molar-refractivity contribution in [2.24, 2.45) is 0 Å². The number of nitrogens with one attached hydrogen (secondary N) is 1. The minimum absolute atomic E-state index is 0.0710. The molecule has 1 N–H and O–H groups in total. The van der Waals surface area contributed by atoms with E-state index in [2.05, 4.69) is 17.4 Å². The van der Waals surface area contributed by atoms with Crippen LogP contribution >= 0.6 is 11.6 Å². The summed E-state index contributed by atoms with van der Waals surface area (Å²) in [6, 6.07) is 18.2. The van der Waals surface area contributed by atoms with Crippen molar-refractivity contribution in [3.8, 4) is 0 Å². The molecule has 1 heterocycles. The molecule has 1 atom stereocenters. The fraction of sp³-hybridized carbons (Fsp3) is 0.350. The van der Waals surface area contributed by atoms with E-state index in [4.69, 9.17) is 11.6 Å². The van der Waals surface area contributed by atoms with E-state index in [-0.39, 0.29) is 11.9 Å². The molecule has 0 radical (unpaired) electrons. The quantitative estimate of drug-likeness (QED) is 0.895. The number of nitrogens with zero attached hydrogens (tertiary/aromatic N) is 1. The Labute approximate surface area is 148 Å². The van der Waals surface area contributed by atoms with Gasteiger partial charge in [0.15, 0.2) is 0 Å². The second-order valence-electron chi connectivity index (χ2n) is 6.20. The van der Waals surface area contributed by atoms with Crippen LogP contribution in [-0.4, -0.2) is 30.4 Å². The maximum absolute atomic E-state index is 12.7. The standard InChI is InChI=1S/C20H23ClN2O/c21-18-10-5-9-17(14-18)19-15-22-12-13-23(19)20(24)11-4-8-16-6-2-1-3-7-16/h1-3,5-7,9-10,14,19,22H,4,8,11-13,15H2. The zero-order valence-electron chi connectivity index (χ0n) is 13.7. The van der Waals surface area contributed by atoms with Crippen molar-refractivity contribution in [1.82, 2.24) is 10.2 Å². The lowest BCUT2D eigenvalue weighted by Gasteiger charge is -2.36. The van der Waals surface area contributed by atoms with Gasteiger partial charge >= 0.3 is 0 Å². The number of benzene rings is 2. The largest absolute Gasteiger partial charge is 0.333 e. The van der Waals surface area contributed by atoms with Crippen LogP contribution < -0.4 is 5.32 Å². The number of carbonyl (C=O) groups excluding carboxylic acids is 1. The Morgan fingerprint density at radius 1 is 1.17 bits per heavy atom. The van der Waals surface area contributed by atoms with Crippen LogP contribution in [0.25, 0.3) is 0 Å². The summed E-state index contributed by atoms with van der Waals surface area (Å²) in [5.74, 6) is 0.234. The first kappa shape index (κ1) is 17.0. The van der Waals surface area contributed by atoms with Crippen molar-refractivity contribution < 1.29 is 4.79 Å². The number of amides is 1. The highest BCUT2D eigenvalue weighted by atomic mass is 35.5. The number of piperazine rings is 1. The van der Waals surface area contributed by atoms with Crippen LogP contribution in [0.3, 0.4) is 0 Å². The van der Waals surface area contributed by atoms with Gasteiger partial charge in [-0.1, -0.05) is 54.1 Å². The third kappa shape index (κ3) is 4.37. The number of halogens is 1. The zero-order valence-corrected chi connectivity index (χ0v) is 14.5. The average Bonchev–Trinajstić information content (AvgIpc) is 2.62. The molecular weight excluding hydrogens is 320 g/mol. The topological polar surface area (TPSA) is 32.3 Å². The monoisotopic (exact) mass is 342 g/mol. The molecule has 3 nitrogen and oxygen atoms in total. The van der Waals surface area contributed by atoms with Gasteiger partial charge in [0, 0.05) is 31.1 Å². The molecule has 0 aliphatic carbocycles. The first-order chi connectivity index (χ1) is 11.7. The maximum atomic E-state index is 12.7. The van der Waals surface area contributed by atoms with Crippen molar-refractivity contribution in [2.45, 2.75) is 25.3 Å². The van der Waals surface area contributed by atoms with E-state index in [1.165, 1.54) is 5.56 Å². The van der Waals surface area contributed by atoms with Gasteiger partial charge < -0.3 is 10.2 Å². The summed E-state index contributed by atoms with van der Waals surface area (Å²) in [7, 11) is 0. The molecule has 1 saturated heterocycles. The predicted molar refractivity (Wildman–Crippen MR) is 98.2 cm³/mol. The first-order valence-corrected chi connectivity index (χ1v) is 8.91. The summed E-state index contributed by atoms with van der Waals surface area (Å²) < 4.78 is 0. The van der Waals surface area contributed by atoms with Crippen LogP contribution in [0.4, 0.5) is 0 Å². The molecule has 2 aromatic rings. The molecule has 1 fully saturated rings. The molecule has 0 bridgehead atoms. The Balaban J connectivity index is 1.61. The van der Waals surface area contributed by atoms with Crippen LogP contribution in [0.1, 0.15) is 30.0 Å². The highest BCUT2D eigenvalue weighted by Crippen LogP contribution is 2.25. The molecule has 2 aromatic carbocycles. The Bertz CT molecular complexity index is 674. The first-order valence-electron chi connectivity index (χ1n) is 8.53. The van der Waals surface area contributed by atoms with Gasteiger partial charge in [0.1, 0.15) is 0 Å². The van der Waals surface area contributed by atoms with Gasteiger partial charge in [-0.15, -0.1) is 0 Å². The van der Waals surface area contributed by atoms with Gasteiger partial charge in [0.25, 0.3) is 0 Å². The highest BCUT2D eigenvalue weighted by molar-refractivity contribution is 6.30. The molecule has 1 amide bonds. The third-order valence-corrected chi connectivity index (χ3v) is 4.73. The van der Waals surface area contributed by atoms with Gasteiger partial charge in [-0.2, -0.15) is 0 Å². The lowest BCUT2D eigenvalue weighted by molar-refractivity contribution is -0.134. The number of rotatable bonds is 5. The Morgan fingerprint density at radius 2 is 2.00 bits per heavy atom. The van der Waals surface area contributed by atoms with E-state index in [1.54, 1.807) is 0 Å². The Morgan fingerprint density at radius 3 is 2.79 bits per heavy atom. The molecule has 4 heteroatoms. The summed E-state index contributed by atoms with van der Waals surface area (Å²) in [4.78, 5) is 14.7. The Hall–Kier alpha value is -1.84. The predicted octanol–water partition coefficient (Wildman–Crippen LogP) is 3.84. The Kier molecular flexibility index (Phi) is 5.89. The molecule has 3 rings (SSSR count). The SMILES string of the molecule is O=C(CCCc1ccccc1)N1CCNCC1c1cccc(Cl)c1. The van der Waals surface area contributed by atoms with E-state index >= 15 is 0 Å². The van der Waals surface area contributed by atoms with Crippen LogP contribution in [0.5, 0.6) is 0 Å². The molecule has 1 unspecified atom stereocenters. The van der Waals surface area contributed by atoms with Gasteiger partial charge in [-0.3, -0.25) is 4.79 Å². The molecule has 1 aliphatic heterocycles. The van der Waals surface area contributed by atoms with Crippen molar-refractivity contribution in [1.29, 1.82) is 0 Å². The van der Waals surface area contributed by atoms with E-state index in [9.17, 15) is 4.79 Å². The minimum atomic E-state index is 0.0710. The van der Waals surface area contributed by atoms with Crippen LogP contribution in [0.2, 0.25) is 5.02 Å². The van der Waals surface area contributed by atoms with Gasteiger partial charge in [0.05, 0.1) is 6.04 Å². The summed E-state index contributed by atoms with van der Waals surface area (Å²) in [6.07, 6.45) is 2.42.